The molecule has 0 amide bonds. The molecule has 1 aliphatic carbocycles. The summed E-state index contributed by atoms with van der Waals surface area (Å²) in [5.41, 5.74) is 6.37. The van der Waals surface area contributed by atoms with Crippen molar-refractivity contribution in [1.29, 1.82) is 0 Å². The Hall–Kier alpha value is -3.34. The van der Waals surface area contributed by atoms with Gasteiger partial charge in [0.05, 0.1) is 11.9 Å². The highest BCUT2D eigenvalue weighted by Gasteiger charge is 2.36. The molecule has 1 atom stereocenters. The van der Waals surface area contributed by atoms with Gasteiger partial charge in [-0.15, -0.1) is 0 Å². The van der Waals surface area contributed by atoms with Crippen molar-refractivity contribution in [2.24, 2.45) is 0 Å². The van der Waals surface area contributed by atoms with Crippen LogP contribution in [0.2, 0.25) is 0 Å². The molecular weight excluding hydrogens is 424 g/mol. The highest BCUT2D eigenvalue weighted by molar-refractivity contribution is 5.88. The molecule has 0 bridgehead atoms. The van der Waals surface area contributed by atoms with Crippen LogP contribution in [0.4, 0.5) is 11.4 Å². The molecule has 0 radical (unpaired) electrons. The standard InChI is InChI=1S/C29H32N2O3/c1-29(2,3)22-11-8-19(9-12-22)20-10-14-25-21(16-20)17-26(28(32)33)31(25)23-13-15-27(30-18-23)34-24-6-4-5-7-24/h8-16,18,24,26H,4-7,17H2,1-3H3,(H,32,33). The smallest absolute Gasteiger partial charge is 0.327 e. The summed E-state index contributed by atoms with van der Waals surface area (Å²) in [6, 6.07) is 18.0. The molecule has 1 aromatic heterocycles. The number of anilines is 2. The van der Waals surface area contributed by atoms with Crippen LogP contribution in [0.1, 0.15) is 57.6 Å². The van der Waals surface area contributed by atoms with Gasteiger partial charge in [-0.25, -0.2) is 9.78 Å². The van der Waals surface area contributed by atoms with Crippen LogP contribution in [0.15, 0.2) is 60.8 Å². The van der Waals surface area contributed by atoms with E-state index in [2.05, 4.69) is 62.2 Å². The van der Waals surface area contributed by atoms with Gasteiger partial charge in [0, 0.05) is 18.2 Å². The minimum atomic E-state index is -0.835. The monoisotopic (exact) mass is 456 g/mol. The molecule has 0 saturated heterocycles. The normalized spacial score (nSPS) is 18.2. The highest BCUT2D eigenvalue weighted by atomic mass is 16.5. The molecule has 1 aliphatic heterocycles. The Morgan fingerprint density at radius 1 is 1.00 bits per heavy atom. The molecule has 2 aliphatic rings. The number of aromatic nitrogens is 1. The molecule has 1 N–H and O–H groups in total. The lowest BCUT2D eigenvalue weighted by Gasteiger charge is -2.25. The van der Waals surface area contributed by atoms with E-state index in [0.717, 1.165) is 40.9 Å². The lowest BCUT2D eigenvalue weighted by molar-refractivity contribution is -0.138. The van der Waals surface area contributed by atoms with Crippen molar-refractivity contribution >= 4 is 17.3 Å². The fraction of sp³-hybridized carbons (Fsp3) is 0.379. The molecule has 2 heterocycles. The predicted molar refractivity (Wildman–Crippen MR) is 135 cm³/mol. The largest absolute Gasteiger partial charge is 0.480 e. The molecule has 5 nitrogen and oxygen atoms in total. The first kappa shape index (κ1) is 22.5. The second-order valence-corrected chi connectivity index (χ2v) is 10.5. The minimum absolute atomic E-state index is 0.109. The van der Waals surface area contributed by atoms with Crippen LogP contribution in [0.25, 0.3) is 11.1 Å². The molecule has 1 saturated carbocycles. The molecule has 0 spiro atoms. The van der Waals surface area contributed by atoms with Crippen LogP contribution in [0, 0.1) is 0 Å². The van der Waals surface area contributed by atoms with Gasteiger partial charge in [-0.05, 0) is 71.6 Å². The van der Waals surface area contributed by atoms with E-state index in [1.807, 2.05) is 23.1 Å². The number of nitrogens with zero attached hydrogens (tertiary/aromatic N) is 2. The van der Waals surface area contributed by atoms with Crippen LogP contribution in [-0.2, 0) is 16.6 Å². The number of rotatable bonds is 5. The quantitative estimate of drug-likeness (QED) is 0.474. The zero-order valence-corrected chi connectivity index (χ0v) is 20.1. The van der Waals surface area contributed by atoms with Crippen LogP contribution in [0.3, 0.4) is 0 Å². The number of pyridine rings is 1. The first-order valence-electron chi connectivity index (χ1n) is 12.2. The Bertz CT molecular complexity index is 1170. The average molecular weight is 457 g/mol. The highest BCUT2D eigenvalue weighted by Crippen LogP contribution is 2.41. The van der Waals surface area contributed by atoms with Crippen molar-refractivity contribution in [2.45, 2.75) is 70.4 Å². The number of fused-ring (bicyclic) bond motifs is 1. The van der Waals surface area contributed by atoms with Gasteiger partial charge in [0.15, 0.2) is 0 Å². The molecule has 176 valence electrons. The summed E-state index contributed by atoms with van der Waals surface area (Å²) in [6.07, 6.45) is 6.99. The third kappa shape index (κ3) is 4.39. The third-order valence-electron chi connectivity index (χ3n) is 7.02. The molecule has 1 fully saturated rings. The van der Waals surface area contributed by atoms with E-state index in [9.17, 15) is 9.90 Å². The van der Waals surface area contributed by atoms with Gasteiger partial charge in [0.2, 0.25) is 5.88 Å². The second kappa shape index (κ2) is 8.79. The molecule has 3 aromatic rings. The molecule has 5 heteroatoms. The minimum Gasteiger partial charge on any atom is -0.480 e. The van der Waals surface area contributed by atoms with Crippen molar-refractivity contribution in [3.8, 4) is 17.0 Å². The van der Waals surface area contributed by atoms with Gasteiger partial charge in [-0.2, -0.15) is 0 Å². The summed E-state index contributed by atoms with van der Waals surface area (Å²) < 4.78 is 5.98. The van der Waals surface area contributed by atoms with Gasteiger partial charge in [-0.3, -0.25) is 0 Å². The van der Waals surface area contributed by atoms with Crippen LogP contribution in [0.5, 0.6) is 5.88 Å². The lowest BCUT2D eigenvalue weighted by atomic mass is 9.86. The SMILES string of the molecule is CC(C)(C)c1ccc(-c2ccc3c(c2)CC(C(=O)O)N3c2ccc(OC3CCCC3)nc2)cc1. The number of aliphatic carboxylic acids is 1. The Labute approximate surface area is 201 Å². The number of hydrogen-bond acceptors (Lipinski definition) is 4. The van der Waals surface area contributed by atoms with E-state index in [4.69, 9.17) is 4.74 Å². The topological polar surface area (TPSA) is 62.7 Å². The van der Waals surface area contributed by atoms with Crippen molar-refractivity contribution in [3.63, 3.8) is 0 Å². The first-order valence-corrected chi connectivity index (χ1v) is 12.2. The van der Waals surface area contributed by atoms with E-state index in [1.54, 1.807) is 6.20 Å². The molecule has 5 rings (SSSR count). The van der Waals surface area contributed by atoms with Crippen LogP contribution in [-0.4, -0.2) is 28.2 Å². The van der Waals surface area contributed by atoms with Crippen LogP contribution < -0.4 is 9.64 Å². The summed E-state index contributed by atoms with van der Waals surface area (Å²) in [7, 11) is 0. The number of carboxylic acids is 1. The zero-order valence-electron chi connectivity index (χ0n) is 20.1. The van der Waals surface area contributed by atoms with Crippen molar-refractivity contribution in [1.82, 2.24) is 4.98 Å². The van der Waals surface area contributed by atoms with Crippen LogP contribution >= 0.6 is 0 Å². The maximum absolute atomic E-state index is 12.2. The van der Waals surface area contributed by atoms with Gasteiger partial charge in [0.25, 0.3) is 0 Å². The van der Waals surface area contributed by atoms with E-state index in [1.165, 1.54) is 18.4 Å². The summed E-state index contributed by atoms with van der Waals surface area (Å²) >= 11 is 0. The summed E-state index contributed by atoms with van der Waals surface area (Å²) in [4.78, 5) is 18.5. The number of benzene rings is 2. The van der Waals surface area contributed by atoms with E-state index in [0.29, 0.717) is 12.3 Å². The van der Waals surface area contributed by atoms with Gasteiger partial charge in [-0.1, -0.05) is 51.1 Å². The number of carbonyl (C=O) groups is 1. The Morgan fingerprint density at radius 2 is 1.71 bits per heavy atom. The summed E-state index contributed by atoms with van der Waals surface area (Å²) in [5, 5.41) is 9.97. The summed E-state index contributed by atoms with van der Waals surface area (Å²) in [5.74, 6) is -0.227. The van der Waals surface area contributed by atoms with Gasteiger partial charge >= 0.3 is 5.97 Å². The third-order valence-corrected chi connectivity index (χ3v) is 7.02. The summed E-state index contributed by atoms with van der Waals surface area (Å²) in [6.45, 7) is 6.63. The number of carboxylic acid groups (broad SMARTS) is 1. The van der Waals surface area contributed by atoms with Crippen molar-refractivity contribution in [3.05, 3.63) is 71.9 Å². The molecule has 2 aromatic carbocycles. The number of hydrogen-bond donors (Lipinski definition) is 1. The lowest BCUT2D eigenvalue weighted by Crippen LogP contribution is -2.35. The maximum Gasteiger partial charge on any atom is 0.327 e. The predicted octanol–water partition coefficient (Wildman–Crippen LogP) is 6.51. The van der Waals surface area contributed by atoms with Gasteiger partial charge in [0.1, 0.15) is 12.1 Å². The van der Waals surface area contributed by atoms with E-state index in [-0.39, 0.29) is 11.5 Å². The van der Waals surface area contributed by atoms with E-state index >= 15 is 0 Å². The molecular formula is C29H32N2O3. The van der Waals surface area contributed by atoms with Crippen molar-refractivity contribution < 1.29 is 14.6 Å². The Morgan fingerprint density at radius 3 is 2.32 bits per heavy atom. The van der Waals surface area contributed by atoms with Gasteiger partial charge < -0.3 is 14.7 Å². The maximum atomic E-state index is 12.2. The number of ether oxygens (including phenoxy) is 1. The Kier molecular flexibility index (Phi) is 5.80. The first-order chi connectivity index (χ1) is 16.3. The second-order valence-electron chi connectivity index (χ2n) is 10.5. The average Bonchev–Trinajstić information content (AvgIpc) is 3.46. The fourth-order valence-electron chi connectivity index (χ4n) is 5.07. The van der Waals surface area contributed by atoms with Crippen molar-refractivity contribution in [2.75, 3.05) is 4.90 Å². The fourth-order valence-corrected chi connectivity index (χ4v) is 5.07. The molecule has 1 unspecified atom stereocenters. The van der Waals surface area contributed by atoms with E-state index < -0.39 is 12.0 Å². The Balaban J connectivity index is 1.42. The molecule has 34 heavy (non-hydrogen) atoms. The zero-order chi connectivity index (χ0) is 23.9.